The van der Waals surface area contributed by atoms with Crippen molar-refractivity contribution in [2.75, 3.05) is 26.8 Å². The molecule has 2 heterocycles. The molecule has 0 saturated carbocycles. The molecule has 1 aromatic carbocycles. The summed E-state index contributed by atoms with van der Waals surface area (Å²) in [5.41, 5.74) is 0.519. The molecule has 0 aliphatic carbocycles. The molecule has 0 N–H and O–H groups in total. The maximum Gasteiger partial charge on any atom is 0.272 e. The molecule has 30 heavy (non-hydrogen) atoms. The Kier molecular flexibility index (Phi) is 7.33. The van der Waals surface area contributed by atoms with Gasteiger partial charge in [-0.05, 0) is 35.0 Å². The molecule has 0 unspecified atom stereocenters. The van der Waals surface area contributed by atoms with Gasteiger partial charge in [0.05, 0.1) is 25.4 Å². The van der Waals surface area contributed by atoms with E-state index in [9.17, 15) is 13.6 Å². The van der Waals surface area contributed by atoms with Crippen LogP contribution in [-0.2, 0) is 17.9 Å². The Labute approximate surface area is 180 Å². The molecule has 2 aromatic rings. The van der Waals surface area contributed by atoms with E-state index in [0.29, 0.717) is 31.2 Å². The van der Waals surface area contributed by atoms with Crippen molar-refractivity contribution in [2.45, 2.75) is 20.1 Å². The van der Waals surface area contributed by atoms with Crippen LogP contribution in [0.15, 0.2) is 44.4 Å². The molecular formula is C20H21BrF2N4O3. The first kappa shape index (κ1) is 22.1. The molecule has 1 aliphatic rings. The molecule has 0 radical (unpaired) electrons. The summed E-state index contributed by atoms with van der Waals surface area (Å²) in [6.07, 6.45) is 3.67. The van der Waals surface area contributed by atoms with E-state index < -0.39 is 11.6 Å². The fourth-order valence-corrected chi connectivity index (χ4v) is 3.26. The number of hydrogen-bond acceptors (Lipinski definition) is 6. The van der Waals surface area contributed by atoms with E-state index in [2.05, 4.69) is 25.9 Å². The van der Waals surface area contributed by atoms with E-state index in [1.54, 1.807) is 20.2 Å². The van der Waals surface area contributed by atoms with Crippen LogP contribution >= 0.6 is 15.9 Å². The number of aromatic nitrogens is 2. The molecule has 0 amide bonds. The third-order valence-electron chi connectivity index (χ3n) is 4.46. The van der Waals surface area contributed by atoms with Crippen LogP contribution in [0.2, 0.25) is 0 Å². The monoisotopic (exact) mass is 482 g/mol. The zero-order valence-corrected chi connectivity index (χ0v) is 18.2. The summed E-state index contributed by atoms with van der Waals surface area (Å²) in [5, 5.41) is 0. The van der Waals surface area contributed by atoms with Gasteiger partial charge in [0.25, 0.3) is 5.56 Å². The van der Waals surface area contributed by atoms with Gasteiger partial charge < -0.3 is 14.4 Å². The standard InChI is InChI=1S/C20H21BrF2N4O3/c1-13-25-19(30-12-14-3-4-15(22)9-17(14)23)18(21)20(28)27(13)11-16-10-26(6-5-24-16)7-8-29-2/h3-5,9-10H,6-8,11-12H2,1-2H3. The Morgan fingerprint density at radius 2 is 2.10 bits per heavy atom. The topological polar surface area (TPSA) is 68.9 Å². The van der Waals surface area contributed by atoms with Gasteiger partial charge in [0.1, 0.15) is 28.5 Å². The van der Waals surface area contributed by atoms with Crippen molar-refractivity contribution >= 4 is 22.1 Å². The third-order valence-corrected chi connectivity index (χ3v) is 5.14. The quantitative estimate of drug-likeness (QED) is 0.578. The van der Waals surface area contributed by atoms with Crippen molar-refractivity contribution in [3.05, 3.63) is 67.9 Å². The Morgan fingerprint density at radius 1 is 1.30 bits per heavy atom. The lowest BCUT2D eigenvalue weighted by molar-refractivity contribution is 0.174. The molecular weight excluding hydrogens is 462 g/mol. The fourth-order valence-electron chi connectivity index (χ4n) is 2.85. The average molecular weight is 483 g/mol. The number of rotatable bonds is 8. The summed E-state index contributed by atoms with van der Waals surface area (Å²) in [4.78, 5) is 23.5. The van der Waals surface area contributed by atoms with Crippen LogP contribution in [0.1, 0.15) is 11.4 Å². The third kappa shape index (κ3) is 5.31. The maximum atomic E-state index is 13.8. The summed E-state index contributed by atoms with van der Waals surface area (Å²) >= 11 is 3.22. The summed E-state index contributed by atoms with van der Waals surface area (Å²) in [6.45, 7) is 3.71. The van der Waals surface area contributed by atoms with Gasteiger partial charge in [0.2, 0.25) is 5.88 Å². The van der Waals surface area contributed by atoms with E-state index in [0.717, 1.165) is 12.1 Å². The minimum atomic E-state index is -0.726. The first-order valence-corrected chi connectivity index (χ1v) is 9.98. The second-order valence-electron chi connectivity index (χ2n) is 6.61. The molecule has 1 aromatic heterocycles. The smallest absolute Gasteiger partial charge is 0.272 e. The minimum Gasteiger partial charge on any atom is -0.472 e. The Balaban J connectivity index is 1.77. The van der Waals surface area contributed by atoms with Crippen LogP contribution < -0.4 is 10.3 Å². The largest absolute Gasteiger partial charge is 0.472 e. The SMILES string of the molecule is COCCN1C=C(Cn2c(C)nc(OCc3ccc(F)cc3F)c(Br)c2=O)N=CC1. The van der Waals surface area contributed by atoms with Gasteiger partial charge in [-0.2, -0.15) is 4.98 Å². The zero-order valence-electron chi connectivity index (χ0n) is 16.6. The van der Waals surface area contributed by atoms with E-state index in [-0.39, 0.29) is 34.6 Å². The summed E-state index contributed by atoms with van der Waals surface area (Å²) in [6, 6.07) is 3.20. The molecule has 3 rings (SSSR count). The molecule has 1 aliphatic heterocycles. The van der Waals surface area contributed by atoms with E-state index in [1.165, 1.54) is 10.6 Å². The van der Waals surface area contributed by atoms with Gasteiger partial charge in [-0.1, -0.05) is 0 Å². The van der Waals surface area contributed by atoms with Crippen molar-refractivity contribution in [3.63, 3.8) is 0 Å². The first-order chi connectivity index (χ1) is 14.4. The van der Waals surface area contributed by atoms with Gasteiger partial charge in [-0.15, -0.1) is 0 Å². The molecule has 0 saturated heterocycles. The maximum absolute atomic E-state index is 13.8. The van der Waals surface area contributed by atoms with E-state index >= 15 is 0 Å². The molecule has 10 heteroatoms. The number of aryl methyl sites for hydroxylation is 1. The number of ether oxygens (including phenoxy) is 2. The lowest BCUT2D eigenvalue weighted by Gasteiger charge is -2.22. The number of halogens is 3. The number of nitrogens with zero attached hydrogens (tertiary/aromatic N) is 4. The molecule has 160 valence electrons. The van der Waals surface area contributed by atoms with Crippen LogP contribution in [-0.4, -0.2) is 47.5 Å². The highest BCUT2D eigenvalue weighted by molar-refractivity contribution is 9.10. The second-order valence-corrected chi connectivity index (χ2v) is 7.41. The molecule has 0 spiro atoms. The van der Waals surface area contributed by atoms with Gasteiger partial charge in [-0.3, -0.25) is 14.4 Å². The highest BCUT2D eigenvalue weighted by Gasteiger charge is 2.17. The summed E-state index contributed by atoms with van der Waals surface area (Å²) < 4.78 is 39.0. The number of methoxy groups -OCH3 is 1. The van der Waals surface area contributed by atoms with Crippen LogP contribution in [0.5, 0.6) is 5.88 Å². The number of hydrogen-bond donors (Lipinski definition) is 0. The van der Waals surface area contributed by atoms with Crippen molar-refractivity contribution < 1.29 is 18.3 Å². The fraction of sp³-hybridized carbons (Fsp3) is 0.350. The van der Waals surface area contributed by atoms with Crippen LogP contribution in [0.25, 0.3) is 0 Å². The Morgan fingerprint density at radius 3 is 2.83 bits per heavy atom. The van der Waals surface area contributed by atoms with Crippen LogP contribution in [0, 0.1) is 18.6 Å². The van der Waals surface area contributed by atoms with Gasteiger partial charge in [-0.25, -0.2) is 8.78 Å². The van der Waals surface area contributed by atoms with Crippen LogP contribution in [0.4, 0.5) is 8.78 Å². The Bertz CT molecular complexity index is 1040. The highest BCUT2D eigenvalue weighted by atomic mass is 79.9. The number of benzene rings is 1. The van der Waals surface area contributed by atoms with Crippen LogP contribution in [0.3, 0.4) is 0 Å². The predicted molar refractivity (Wildman–Crippen MR) is 112 cm³/mol. The first-order valence-electron chi connectivity index (χ1n) is 9.19. The van der Waals surface area contributed by atoms with Gasteiger partial charge >= 0.3 is 0 Å². The minimum absolute atomic E-state index is 0.0420. The van der Waals surface area contributed by atoms with Gasteiger partial charge in [0.15, 0.2) is 0 Å². The lowest BCUT2D eigenvalue weighted by Crippen LogP contribution is -2.30. The van der Waals surface area contributed by atoms with Gasteiger partial charge in [0, 0.05) is 37.7 Å². The number of allylic oxidation sites excluding steroid dienone is 1. The molecule has 7 nitrogen and oxygen atoms in total. The normalized spacial score (nSPS) is 13.5. The predicted octanol–water partition coefficient (Wildman–Crippen LogP) is 3.05. The lowest BCUT2D eigenvalue weighted by atomic mass is 10.2. The Hall–Kier alpha value is -2.59. The summed E-state index contributed by atoms with van der Waals surface area (Å²) in [5.74, 6) is -0.936. The highest BCUT2D eigenvalue weighted by Crippen LogP contribution is 2.21. The van der Waals surface area contributed by atoms with Crippen molar-refractivity contribution in [3.8, 4) is 5.88 Å². The van der Waals surface area contributed by atoms with Crippen molar-refractivity contribution in [1.29, 1.82) is 0 Å². The number of aliphatic imine (C=N–C) groups is 1. The van der Waals surface area contributed by atoms with E-state index in [1.807, 2.05) is 11.1 Å². The van der Waals surface area contributed by atoms with E-state index in [4.69, 9.17) is 9.47 Å². The molecule has 0 bridgehead atoms. The molecule has 0 atom stereocenters. The average Bonchev–Trinajstić information content (AvgIpc) is 2.72. The van der Waals surface area contributed by atoms with Crippen molar-refractivity contribution in [2.24, 2.45) is 4.99 Å². The zero-order chi connectivity index (χ0) is 21.7. The molecule has 0 fully saturated rings. The van der Waals surface area contributed by atoms with Crippen molar-refractivity contribution in [1.82, 2.24) is 14.5 Å². The summed E-state index contributed by atoms with van der Waals surface area (Å²) in [7, 11) is 1.64. The second kappa shape index (κ2) is 9.94.